The van der Waals surface area contributed by atoms with Crippen molar-refractivity contribution in [2.24, 2.45) is 0 Å². The van der Waals surface area contributed by atoms with Gasteiger partial charge in [0, 0.05) is 18.2 Å². The van der Waals surface area contributed by atoms with Crippen LogP contribution in [0.3, 0.4) is 0 Å². The highest BCUT2D eigenvalue weighted by atomic mass is 35.5. The Hall–Kier alpha value is -1.08. The average Bonchev–Trinajstić information content (AvgIpc) is 2.98. The van der Waals surface area contributed by atoms with Gasteiger partial charge in [-0.3, -0.25) is 15.6 Å². The Morgan fingerprint density at radius 1 is 1.38 bits per heavy atom. The van der Waals surface area contributed by atoms with Crippen LogP contribution in [0.1, 0.15) is 23.2 Å². The molecule has 0 aromatic heterocycles. The van der Waals surface area contributed by atoms with Gasteiger partial charge in [-0.25, -0.2) is 0 Å². The summed E-state index contributed by atoms with van der Waals surface area (Å²) in [5.41, 5.74) is 5.36. The molecular formula is C13H15Cl2N3O2S. The Morgan fingerprint density at radius 2 is 2.19 bits per heavy atom. The topological polar surface area (TPSA) is 62.4 Å². The third-order valence-corrected chi connectivity index (χ3v) is 3.79. The first-order valence-corrected chi connectivity index (χ1v) is 7.63. The zero-order chi connectivity index (χ0) is 15.2. The molecule has 2 rings (SSSR count). The Labute approximate surface area is 138 Å². The predicted octanol–water partition coefficient (Wildman–Crippen LogP) is 2.28. The second-order valence-corrected chi connectivity index (χ2v) is 5.80. The molecule has 0 unspecified atom stereocenters. The maximum atomic E-state index is 12.0. The standard InChI is InChI=1S/C13H15Cl2N3O2S/c14-8-3-4-11(15)10(6-8)12(19)17-18-13(21)16-7-9-2-1-5-20-9/h3-4,6,9H,1-2,5,7H2,(H,17,19)(H2,16,18,21)/t9-/m1/s1. The van der Waals surface area contributed by atoms with Gasteiger partial charge in [-0.05, 0) is 43.3 Å². The number of rotatable bonds is 3. The lowest BCUT2D eigenvalue weighted by atomic mass is 10.2. The number of nitrogens with one attached hydrogen (secondary N) is 3. The molecule has 5 nitrogen and oxygen atoms in total. The van der Waals surface area contributed by atoms with Gasteiger partial charge in [0.1, 0.15) is 0 Å². The highest BCUT2D eigenvalue weighted by Gasteiger charge is 2.15. The van der Waals surface area contributed by atoms with E-state index in [9.17, 15) is 4.79 Å². The van der Waals surface area contributed by atoms with Crippen molar-refractivity contribution in [1.29, 1.82) is 0 Å². The van der Waals surface area contributed by atoms with Crippen LogP contribution < -0.4 is 16.2 Å². The molecule has 1 aliphatic rings. The quantitative estimate of drug-likeness (QED) is 0.578. The fourth-order valence-electron chi connectivity index (χ4n) is 1.91. The average molecular weight is 348 g/mol. The van der Waals surface area contributed by atoms with Gasteiger partial charge in [0.2, 0.25) is 0 Å². The summed E-state index contributed by atoms with van der Waals surface area (Å²) in [5.74, 6) is -0.413. The van der Waals surface area contributed by atoms with Crippen molar-refractivity contribution in [1.82, 2.24) is 16.2 Å². The molecule has 1 amide bonds. The summed E-state index contributed by atoms with van der Waals surface area (Å²) in [6, 6.07) is 4.67. The maximum absolute atomic E-state index is 12.0. The van der Waals surface area contributed by atoms with Crippen molar-refractivity contribution < 1.29 is 9.53 Å². The van der Waals surface area contributed by atoms with Crippen LogP contribution >= 0.6 is 35.4 Å². The van der Waals surface area contributed by atoms with Gasteiger partial charge in [0.15, 0.2) is 5.11 Å². The molecule has 0 radical (unpaired) electrons. The number of halogens is 2. The monoisotopic (exact) mass is 347 g/mol. The van der Waals surface area contributed by atoms with E-state index in [4.69, 9.17) is 40.2 Å². The van der Waals surface area contributed by atoms with E-state index in [2.05, 4.69) is 16.2 Å². The van der Waals surface area contributed by atoms with E-state index < -0.39 is 5.91 Å². The molecule has 1 saturated heterocycles. The van der Waals surface area contributed by atoms with E-state index in [1.54, 1.807) is 12.1 Å². The minimum absolute atomic E-state index is 0.169. The van der Waals surface area contributed by atoms with E-state index in [-0.39, 0.29) is 11.7 Å². The normalized spacial score (nSPS) is 17.3. The summed E-state index contributed by atoms with van der Waals surface area (Å²) in [4.78, 5) is 12.0. The van der Waals surface area contributed by atoms with Crippen LogP contribution in [0.4, 0.5) is 0 Å². The number of thiocarbonyl (C=S) groups is 1. The number of carbonyl (C=O) groups excluding carboxylic acids is 1. The zero-order valence-corrected chi connectivity index (χ0v) is 13.4. The first kappa shape index (κ1) is 16.3. The van der Waals surface area contributed by atoms with E-state index >= 15 is 0 Å². The molecular weight excluding hydrogens is 333 g/mol. The predicted molar refractivity (Wildman–Crippen MR) is 86.6 cm³/mol. The molecule has 0 spiro atoms. The molecule has 1 fully saturated rings. The number of ether oxygens (including phenoxy) is 1. The number of carbonyl (C=O) groups is 1. The van der Waals surface area contributed by atoms with Crippen molar-refractivity contribution in [3.63, 3.8) is 0 Å². The van der Waals surface area contributed by atoms with Crippen LogP contribution in [0, 0.1) is 0 Å². The van der Waals surface area contributed by atoms with E-state index in [0.29, 0.717) is 21.7 Å². The second-order valence-electron chi connectivity index (χ2n) is 4.55. The van der Waals surface area contributed by atoms with Gasteiger partial charge in [-0.1, -0.05) is 23.2 Å². The SMILES string of the molecule is O=C(NNC(=S)NC[C@H]1CCCO1)c1cc(Cl)ccc1Cl. The molecule has 1 atom stereocenters. The molecule has 21 heavy (non-hydrogen) atoms. The van der Waals surface area contributed by atoms with Crippen molar-refractivity contribution in [2.75, 3.05) is 13.2 Å². The van der Waals surface area contributed by atoms with Gasteiger partial charge in [0.05, 0.1) is 16.7 Å². The highest BCUT2D eigenvalue weighted by molar-refractivity contribution is 7.80. The lowest BCUT2D eigenvalue weighted by Gasteiger charge is -2.14. The summed E-state index contributed by atoms with van der Waals surface area (Å²) in [5, 5.41) is 4.05. The molecule has 0 bridgehead atoms. The number of hydrazine groups is 1. The summed E-state index contributed by atoms with van der Waals surface area (Å²) >= 11 is 16.8. The highest BCUT2D eigenvalue weighted by Crippen LogP contribution is 2.20. The smallest absolute Gasteiger partial charge is 0.271 e. The third kappa shape index (κ3) is 5.00. The molecule has 0 saturated carbocycles. The van der Waals surface area contributed by atoms with Crippen molar-refractivity contribution >= 4 is 46.4 Å². The lowest BCUT2D eigenvalue weighted by Crippen LogP contribution is -2.48. The fraction of sp³-hybridized carbons (Fsp3) is 0.385. The first-order valence-electron chi connectivity index (χ1n) is 6.47. The van der Waals surface area contributed by atoms with E-state index in [1.807, 2.05) is 0 Å². The van der Waals surface area contributed by atoms with Gasteiger partial charge in [-0.15, -0.1) is 0 Å². The lowest BCUT2D eigenvalue weighted by molar-refractivity contribution is 0.0943. The Bertz CT molecular complexity index is 536. The Kier molecular flexibility index (Phi) is 6.05. The summed E-state index contributed by atoms with van der Waals surface area (Å²) < 4.78 is 5.46. The minimum Gasteiger partial charge on any atom is -0.376 e. The summed E-state index contributed by atoms with van der Waals surface area (Å²) in [6.07, 6.45) is 2.25. The van der Waals surface area contributed by atoms with Crippen molar-refractivity contribution in [3.05, 3.63) is 33.8 Å². The molecule has 1 aromatic rings. The van der Waals surface area contributed by atoms with Crippen LogP contribution in [0.5, 0.6) is 0 Å². The number of benzene rings is 1. The molecule has 3 N–H and O–H groups in total. The third-order valence-electron chi connectivity index (χ3n) is 2.98. The maximum Gasteiger partial charge on any atom is 0.271 e. The molecule has 1 aliphatic heterocycles. The molecule has 1 heterocycles. The number of hydrogen-bond acceptors (Lipinski definition) is 3. The summed E-state index contributed by atoms with van der Waals surface area (Å²) in [6.45, 7) is 1.40. The van der Waals surface area contributed by atoms with Gasteiger partial charge in [-0.2, -0.15) is 0 Å². The van der Waals surface area contributed by atoms with Crippen molar-refractivity contribution in [3.8, 4) is 0 Å². The van der Waals surface area contributed by atoms with Crippen LogP contribution in [-0.4, -0.2) is 30.3 Å². The van der Waals surface area contributed by atoms with Crippen LogP contribution in [0.2, 0.25) is 10.0 Å². The number of hydrogen-bond donors (Lipinski definition) is 3. The Balaban J connectivity index is 1.77. The molecule has 1 aromatic carbocycles. The van der Waals surface area contributed by atoms with E-state index in [1.165, 1.54) is 6.07 Å². The number of amides is 1. The van der Waals surface area contributed by atoms with E-state index in [0.717, 1.165) is 19.4 Å². The van der Waals surface area contributed by atoms with Crippen LogP contribution in [0.25, 0.3) is 0 Å². The second kappa shape index (κ2) is 7.79. The largest absolute Gasteiger partial charge is 0.376 e. The molecule has 0 aliphatic carbocycles. The van der Waals surface area contributed by atoms with Crippen LogP contribution in [0.15, 0.2) is 18.2 Å². The van der Waals surface area contributed by atoms with Gasteiger partial charge in [0.25, 0.3) is 5.91 Å². The molecule has 8 heteroatoms. The Morgan fingerprint density at radius 3 is 2.90 bits per heavy atom. The minimum atomic E-state index is -0.413. The summed E-state index contributed by atoms with van der Waals surface area (Å²) in [7, 11) is 0. The zero-order valence-electron chi connectivity index (χ0n) is 11.1. The van der Waals surface area contributed by atoms with Crippen LogP contribution in [-0.2, 0) is 4.74 Å². The first-order chi connectivity index (χ1) is 10.1. The molecule has 114 valence electrons. The van der Waals surface area contributed by atoms with Gasteiger partial charge < -0.3 is 10.1 Å². The van der Waals surface area contributed by atoms with Gasteiger partial charge >= 0.3 is 0 Å². The fourth-order valence-corrected chi connectivity index (χ4v) is 2.42. The van der Waals surface area contributed by atoms with Crippen molar-refractivity contribution in [2.45, 2.75) is 18.9 Å².